The number of nitrogens with one attached hydrogen (secondary N) is 1. The van der Waals surface area contributed by atoms with Gasteiger partial charge in [-0.1, -0.05) is 74.0 Å². The molecule has 1 heterocycles. The molecule has 0 aliphatic heterocycles. The van der Waals surface area contributed by atoms with Crippen LogP contribution in [0.15, 0.2) is 95.4 Å². The SMILES string of the molecule is CCC(C)c1ccc2oc(-c3ccc(Cl)c(NC(=O)c4ccc(-c5ccccc5)cc4)c3)nc2c1. The molecule has 5 aromatic rings. The molecule has 1 N–H and O–H groups in total. The first-order valence-electron chi connectivity index (χ1n) is 11.7. The van der Waals surface area contributed by atoms with E-state index in [1.807, 2.05) is 66.7 Å². The van der Waals surface area contributed by atoms with Crippen LogP contribution in [0.3, 0.4) is 0 Å². The predicted molar refractivity (Wildman–Crippen MR) is 143 cm³/mol. The second kappa shape index (κ2) is 9.77. The number of carbonyl (C=O) groups excluding carboxylic acids is 1. The fraction of sp³-hybridized carbons (Fsp3) is 0.133. The van der Waals surface area contributed by atoms with Crippen molar-refractivity contribution < 1.29 is 9.21 Å². The molecule has 1 atom stereocenters. The van der Waals surface area contributed by atoms with Gasteiger partial charge in [-0.3, -0.25) is 4.79 Å². The van der Waals surface area contributed by atoms with Crippen LogP contribution in [0.1, 0.15) is 42.1 Å². The molecule has 1 unspecified atom stereocenters. The molecule has 0 bridgehead atoms. The van der Waals surface area contributed by atoms with Crippen molar-refractivity contribution in [1.82, 2.24) is 4.98 Å². The smallest absolute Gasteiger partial charge is 0.255 e. The highest BCUT2D eigenvalue weighted by Crippen LogP contribution is 2.32. The molecule has 0 aliphatic carbocycles. The third kappa shape index (κ3) is 4.84. The number of aromatic nitrogens is 1. The summed E-state index contributed by atoms with van der Waals surface area (Å²) in [6.45, 7) is 4.37. The average Bonchev–Trinajstić information content (AvgIpc) is 3.33. The van der Waals surface area contributed by atoms with Crippen LogP contribution < -0.4 is 5.32 Å². The van der Waals surface area contributed by atoms with E-state index in [-0.39, 0.29) is 5.91 Å². The molecule has 4 aromatic carbocycles. The van der Waals surface area contributed by atoms with E-state index in [2.05, 4.69) is 36.3 Å². The van der Waals surface area contributed by atoms with Crippen LogP contribution in [0.25, 0.3) is 33.7 Å². The lowest BCUT2D eigenvalue weighted by atomic mass is 9.98. The van der Waals surface area contributed by atoms with Gasteiger partial charge >= 0.3 is 0 Å². The molecule has 1 amide bonds. The Kier molecular flexibility index (Phi) is 6.39. The van der Waals surface area contributed by atoms with Gasteiger partial charge in [0.2, 0.25) is 5.89 Å². The highest BCUT2D eigenvalue weighted by atomic mass is 35.5. The van der Waals surface area contributed by atoms with Crippen LogP contribution in [0, 0.1) is 0 Å². The van der Waals surface area contributed by atoms with Crippen molar-refractivity contribution in [3.8, 4) is 22.6 Å². The zero-order valence-corrected chi connectivity index (χ0v) is 20.3. The van der Waals surface area contributed by atoms with Gasteiger partial charge in [-0.15, -0.1) is 0 Å². The summed E-state index contributed by atoms with van der Waals surface area (Å²) in [6, 6.07) is 29.0. The predicted octanol–water partition coefficient (Wildman–Crippen LogP) is 8.58. The summed E-state index contributed by atoms with van der Waals surface area (Å²) < 4.78 is 6.00. The van der Waals surface area contributed by atoms with Crippen molar-refractivity contribution in [2.24, 2.45) is 0 Å². The van der Waals surface area contributed by atoms with Crippen molar-refractivity contribution in [3.05, 3.63) is 107 Å². The minimum Gasteiger partial charge on any atom is -0.436 e. The molecule has 4 nitrogen and oxygen atoms in total. The van der Waals surface area contributed by atoms with Crippen LogP contribution in [-0.4, -0.2) is 10.9 Å². The molecule has 0 saturated heterocycles. The molecule has 174 valence electrons. The number of oxazole rings is 1. The van der Waals surface area contributed by atoms with Crippen molar-refractivity contribution in [2.75, 3.05) is 5.32 Å². The molecular weight excluding hydrogens is 456 g/mol. The van der Waals surface area contributed by atoms with E-state index in [4.69, 9.17) is 16.0 Å². The summed E-state index contributed by atoms with van der Waals surface area (Å²) in [5, 5.41) is 3.36. The quantitative estimate of drug-likeness (QED) is 0.264. The summed E-state index contributed by atoms with van der Waals surface area (Å²) in [4.78, 5) is 17.6. The first-order chi connectivity index (χ1) is 17.0. The largest absolute Gasteiger partial charge is 0.436 e. The van der Waals surface area contributed by atoms with Crippen LogP contribution in [0.2, 0.25) is 5.02 Å². The average molecular weight is 481 g/mol. The second-order valence-electron chi connectivity index (χ2n) is 8.65. The number of benzene rings is 4. The topological polar surface area (TPSA) is 55.1 Å². The Morgan fingerprint density at radius 3 is 2.37 bits per heavy atom. The lowest BCUT2D eigenvalue weighted by Crippen LogP contribution is -2.12. The molecule has 1 aromatic heterocycles. The minimum atomic E-state index is -0.237. The molecule has 5 heteroatoms. The van der Waals surface area contributed by atoms with Gasteiger partial charge in [0.25, 0.3) is 5.91 Å². The standard InChI is InChI=1S/C30H25ClN2O2/c1-3-19(2)23-14-16-28-27(17-23)33-30(35-28)24-13-15-25(31)26(18-24)32-29(34)22-11-9-21(10-12-22)20-7-5-4-6-8-20/h4-19H,3H2,1-2H3,(H,32,34). The monoisotopic (exact) mass is 480 g/mol. The minimum absolute atomic E-state index is 0.237. The molecule has 0 spiro atoms. The van der Waals surface area contributed by atoms with Gasteiger partial charge in [0, 0.05) is 11.1 Å². The lowest BCUT2D eigenvalue weighted by molar-refractivity contribution is 0.102. The Bertz CT molecular complexity index is 1490. The summed E-state index contributed by atoms with van der Waals surface area (Å²) >= 11 is 6.41. The van der Waals surface area contributed by atoms with Crippen molar-refractivity contribution in [1.29, 1.82) is 0 Å². The normalized spacial score (nSPS) is 12.0. The number of nitrogens with zero attached hydrogens (tertiary/aromatic N) is 1. The van der Waals surface area contributed by atoms with E-state index in [1.165, 1.54) is 5.56 Å². The van der Waals surface area contributed by atoms with Gasteiger partial charge < -0.3 is 9.73 Å². The zero-order valence-electron chi connectivity index (χ0n) is 19.6. The summed E-state index contributed by atoms with van der Waals surface area (Å²) in [5.74, 6) is 0.707. The Balaban J connectivity index is 1.38. The fourth-order valence-electron chi connectivity index (χ4n) is 4.00. The van der Waals surface area contributed by atoms with E-state index >= 15 is 0 Å². The van der Waals surface area contributed by atoms with Gasteiger partial charge in [-0.2, -0.15) is 0 Å². The maximum Gasteiger partial charge on any atom is 0.255 e. The third-order valence-electron chi connectivity index (χ3n) is 6.31. The number of carbonyl (C=O) groups is 1. The van der Waals surface area contributed by atoms with Gasteiger partial charge in [0.15, 0.2) is 5.58 Å². The Morgan fingerprint density at radius 1 is 0.914 bits per heavy atom. The van der Waals surface area contributed by atoms with Crippen LogP contribution in [-0.2, 0) is 0 Å². The van der Waals surface area contributed by atoms with Crippen LogP contribution >= 0.6 is 11.6 Å². The van der Waals surface area contributed by atoms with E-state index in [0.717, 1.165) is 34.2 Å². The number of anilines is 1. The molecule has 0 saturated carbocycles. The molecule has 0 aliphatic rings. The van der Waals surface area contributed by atoms with E-state index in [1.54, 1.807) is 12.1 Å². The Morgan fingerprint density at radius 2 is 1.63 bits per heavy atom. The van der Waals surface area contributed by atoms with E-state index < -0.39 is 0 Å². The van der Waals surface area contributed by atoms with Crippen molar-refractivity contribution >= 4 is 34.3 Å². The van der Waals surface area contributed by atoms with Crippen molar-refractivity contribution in [3.63, 3.8) is 0 Å². The number of hydrogen-bond donors (Lipinski definition) is 1. The zero-order chi connectivity index (χ0) is 24.4. The molecular formula is C30H25ClN2O2. The highest BCUT2D eigenvalue weighted by Gasteiger charge is 2.14. The maximum atomic E-state index is 12.9. The third-order valence-corrected chi connectivity index (χ3v) is 6.64. The van der Waals surface area contributed by atoms with Crippen LogP contribution in [0.4, 0.5) is 5.69 Å². The van der Waals surface area contributed by atoms with Gasteiger partial charge in [-0.05, 0) is 71.5 Å². The Labute approximate surface area is 209 Å². The van der Waals surface area contributed by atoms with Crippen LogP contribution in [0.5, 0.6) is 0 Å². The molecule has 0 fully saturated rings. The second-order valence-corrected chi connectivity index (χ2v) is 9.05. The Hall–Kier alpha value is -3.89. The van der Waals surface area contributed by atoms with Gasteiger partial charge in [-0.25, -0.2) is 4.98 Å². The fourth-order valence-corrected chi connectivity index (χ4v) is 4.17. The van der Waals surface area contributed by atoms with E-state index in [0.29, 0.717) is 28.1 Å². The lowest BCUT2D eigenvalue weighted by Gasteiger charge is -2.09. The van der Waals surface area contributed by atoms with E-state index in [9.17, 15) is 4.79 Å². The molecule has 35 heavy (non-hydrogen) atoms. The number of rotatable bonds is 6. The molecule has 5 rings (SSSR count). The number of hydrogen-bond acceptors (Lipinski definition) is 3. The first-order valence-corrected chi connectivity index (χ1v) is 12.1. The summed E-state index contributed by atoms with van der Waals surface area (Å²) in [5.41, 5.74) is 6.73. The first kappa shape index (κ1) is 22.9. The maximum absolute atomic E-state index is 12.9. The summed E-state index contributed by atoms with van der Waals surface area (Å²) in [6.07, 6.45) is 1.06. The van der Waals surface area contributed by atoms with Gasteiger partial charge in [0.1, 0.15) is 5.52 Å². The number of amides is 1. The number of halogens is 1. The van der Waals surface area contributed by atoms with Crippen molar-refractivity contribution in [2.45, 2.75) is 26.2 Å². The molecule has 0 radical (unpaired) electrons. The number of fused-ring (bicyclic) bond motifs is 1. The van der Waals surface area contributed by atoms with Gasteiger partial charge in [0.05, 0.1) is 10.7 Å². The summed E-state index contributed by atoms with van der Waals surface area (Å²) in [7, 11) is 0. The highest BCUT2D eigenvalue weighted by molar-refractivity contribution is 6.34.